The Morgan fingerprint density at radius 1 is 1.20 bits per heavy atom. The molecule has 1 aromatic carbocycles. The summed E-state index contributed by atoms with van der Waals surface area (Å²) in [7, 11) is 0. The number of hydrogen-bond donors (Lipinski definition) is 2. The van der Waals surface area contributed by atoms with Gasteiger partial charge in [0.25, 0.3) is 0 Å². The van der Waals surface area contributed by atoms with E-state index in [0.717, 1.165) is 19.4 Å². The Morgan fingerprint density at radius 3 is 2.27 bits per heavy atom. The molecule has 0 amide bonds. The third-order valence-electron chi connectivity index (χ3n) is 3.18. The Kier molecular flexibility index (Phi) is 2.70. The second-order valence-corrected chi connectivity index (χ2v) is 4.89. The van der Waals surface area contributed by atoms with Crippen LogP contribution in [0.5, 0.6) is 0 Å². The Morgan fingerprint density at radius 2 is 1.80 bits per heavy atom. The molecule has 0 atom stereocenters. The third-order valence-corrected chi connectivity index (χ3v) is 3.18. The maximum atomic E-state index is 9.20. The predicted molar refractivity (Wildman–Crippen MR) is 63.2 cm³/mol. The average Bonchev–Trinajstić information content (AvgIpc) is 2.94. The van der Waals surface area contributed by atoms with Gasteiger partial charge in [-0.15, -0.1) is 0 Å². The zero-order valence-corrected chi connectivity index (χ0v) is 9.51. The van der Waals surface area contributed by atoms with Crippen molar-refractivity contribution in [3.05, 3.63) is 29.3 Å². The topological polar surface area (TPSA) is 32.3 Å². The van der Waals surface area contributed by atoms with Crippen molar-refractivity contribution in [2.24, 2.45) is 5.41 Å². The molecule has 1 fully saturated rings. The first-order chi connectivity index (χ1) is 7.13. The van der Waals surface area contributed by atoms with E-state index in [1.807, 2.05) is 0 Å². The van der Waals surface area contributed by atoms with Crippen molar-refractivity contribution in [1.82, 2.24) is 0 Å². The fourth-order valence-electron chi connectivity index (χ4n) is 1.93. The van der Waals surface area contributed by atoms with E-state index in [2.05, 4.69) is 37.4 Å². The first-order valence-corrected chi connectivity index (χ1v) is 5.57. The van der Waals surface area contributed by atoms with E-state index in [0.29, 0.717) is 6.61 Å². The summed E-state index contributed by atoms with van der Waals surface area (Å²) in [4.78, 5) is 0. The summed E-state index contributed by atoms with van der Waals surface area (Å²) in [5, 5.41) is 12.6. The highest BCUT2D eigenvalue weighted by Crippen LogP contribution is 2.44. The average molecular weight is 205 g/mol. The monoisotopic (exact) mass is 205 g/mol. The number of hydrogen-bond acceptors (Lipinski definition) is 2. The van der Waals surface area contributed by atoms with E-state index >= 15 is 0 Å². The van der Waals surface area contributed by atoms with Crippen LogP contribution in [0.25, 0.3) is 0 Å². The lowest BCUT2D eigenvalue weighted by atomic mass is 10.1. The molecule has 0 unspecified atom stereocenters. The van der Waals surface area contributed by atoms with Crippen LogP contribution in [-0.4, -0.2) is 18.3 Å². The van der Waals surface area contributed by atoms with E-state index in [4.69, 9.17) is 0 Å². The zero-order chi connectivity index (χ0) is 10.9. The molecule has 0 aromatic heterocycles. The number of rotatable bonds is 4. The molecule has 1 aliphatic rings. The quantitative estimate of drug-likeness (QED) is 0.791. The van der Waals surface area contributed by atoms with Crippen LogP contribution in [0.3, 0.4) is 0 Å². The van der Waals surface area contributed by atoms with E-state index in [-0.39, 0.29) is 5.41 Å². The predicted octanol–water partition coefficient (Wildman–Crippen LogP) is 2.49. The van der Waals surface area contributed by atoms with Crippen LogP contribution < -0.4 is 5.32 Å². The fourth-order valence-corrected chi connectivity index (χ4v) is 1.93. The lowest BCUT2D eigenvalue weighted by Gasteiger charge is -2.14. The molecular weight excluding hydrogens is 186 g/mol. The van der Waals surface area contributed by atoms with Crippen molar-refractivity contribution in [1.29, 1.82) is 0 Å². The van der Waals surface area contributed by atoms with Crippen molar-refractivity contribution in [3.8, 4) is 0 Å². The Bertz CT molecular complexity index is 335. The fraction of sp³-hybridized carbons (Fsp3) is 0.538. The van der Waals surface area contributed by atoms with E-state index < -0.39 is 0 Å². The maximum absolute atomic E-state index is 9.20. The zero-order valence-electron chi connectivity index (χ0n) is 9.51. The Hall–Kier alpha value is -1.02. The van der Waals surface area contributed by atoms with Gasteiger partial charge in [-0.3, -0.25) is 0 Å². The molecule has 0 bridgehead atoms. The first-order valence-electron chi connectivity index (χ1n) is 5.57. The highest BCUT2D eigenvalue weighted by atomic mass is 16.3. The van der Waals surface area contributed by atoms with E-state index in [1.54, 1.807) is 0 Å². The van der Waals surface area contributed by atoms with Gasteiger partial charge in [-0.25, -0.2) is 0 Å². The molecule has 0 saturated heterocycles. The van der Waals surface area contributed by atoms with E-state index in [1.165, 1.54) is 16.8 Å². The van der Waals surface area contributed by atoms with Crippen molar-refractivity contribution < 1.29 is 5.11 Å². The molecule has 0 spiro atoms. The SMILES string of the molecule is Cc1cc(C)cc(NCC2(CO)CC2)c1. The lowest BCUT2D eigenvalue weighted by Crippen LogP contribution is -2.19. The summed E-state index contributed by atoms with van der Waals surface area (Å²) in [5.41, 5.74) is 3.92. The van der Waals surface area contributed by atoms with Gasteiger partial charge in [-0.2, -0.15) is 0 Å². The molecule has 2 heteroatoms. The van der Waals surface area contributed by atoms with Crippen LogP contribution in [0.15, 0.2) is 18.2 Å². The molecule has 1 aliphatic carbocycles. The molecule has 1 saturated carbocycles. The summed E-state index contributed by atoms with van der Waals surface area (Å²) >= 11 is 0. The summed E-state index contributed by atoms with van der Waals surface area (Å²) in [6.07, 6.45) is 2.31. The Balaban J connectivity index is 1.99. The lowest BCUT2D eigenvalue weighted by molar-refractivity contribution is 0.220. The highest BCUT2D eigenvalue weighted by Gasteiger charge is 2.41. The van der Waals surface area contributed by atoms with Gasteiger partial charge in [0.15, 0.2) is 0 Å². The summed E-state index contributed by atoms with van der Waals surface area (Å²) in [5.74, 6) is 0. The molecule has 2 N–H and O–H groups in total. The molecule has 2 rings (SSSR count). The second-order valence-electron chi connectivity index (χ2n) is 4.89. The van der Waals surface area contributed by atoms with Crippen LogP contribution >= 0.6 is 0 Å². The number of nitrogens with one attached hydrogen (secondary N) is 1. The van der Waals surface area contributed by atoms with Crippen LogP contribution in [0.4, 0.5) is 5.69 Å². The number of benzene rings is 1. The molecule has 82 valence electrons. The summed E-state index contributed by atoms with van der Waals surface area (Å²) < 4.78 is 0. The second kappa shape index (κ2) is 3.86. The number of aliphatic hydroxyl groups is 1. The number of anilines is 1. The minimum Gasteiger partial charge on any atom is -0.396 e. The number of aliphatic hydroxyl groups excluding tert-OH is 1. The molecule has 0 aliphatic heterocycles. The third kappa shape index (κ3) is 2.51. The molecule has 2 nitrogen and oxygen atoms in total. The van der Waals surface area contributed by atoms with Crippen molar-refractivity contribution in [2.45, 2.75) is 26.7 Å². The van der Waals surface area contributed by atoms with Gasteiger partial charge < -0.3 is 10.4 Å². The standard InChI is InChI=1S/C13H19NO/c1-10-5-11(2)7-12(6-10)14-8-13(9-15)3-4-13/h5-7,14-15H,3-4,8-9H2,1-2H3. The van der Waals surface area contributed by atoms with E-state index in [9.17, 15) is 5.11 Å². The first kappa shape index (κ1) is 10.5. The molecule has 0 radical (unpaired) electrons. The molecular formula is C13H19NO. The minimum atomic E-state index is 0.178. The van der Waals surface area contributed by atoms with Gasteiger partial charge >= 0.3 is 0 Å². The summed E-state index contributed by atoms with van der Waals surface area (Å²) in [6.45, 7) is 5.42. The normalized spacial score (nSPS) is 17.5. The maximum Gasteiger partial charge on any atom is 0.0504 e. The van der Waals surface area contributed by atoms with Crippen LogP contribution in [0.2, 0.25) is 0 Å². The Labute approximate surface area is 91.3 Å². The molecule has 15 heavy (non-hydrogen) atoms. The smallest absolute Gasteiger partial charge is 0.0504 e. The number of aryl methyl sites for hydroxylation is 2. The van der Waals surface area contributed by atoms with Crippen LogP contribution in [-0.2, 0) is 0 Å². The van der Waals surface area contributed by atoms with Gasteiger partial charge in [-0.05, 0) is 49.9 Å². The van der Waals surface area contributed by atoms with Crippen LogP contribution in [0, 0.1) is 19.3 Å². The molecule has 1 aromatic rings. The van der Waals surface area contributed by atoms with Gasteiger partial charge in [-0.1, -0.05) is 6.07 Å². The van der Waals surface area contributed by atoms with Crippen LogP contribution in [0.1, 0.15) is 24.0 Å². The van der Waals surface area contributed by atoms with Gasteiger partial charge in [0.1, 0.15) is 0 Å². The molecule has 0 heterocycles. The van der Waals surface area contributed by atoms with Crippen molar-refractivity contribution in [3.63, 3.8) is 0 Å². The minimum absolute atomic E-state index is 0.178. The van der Waals surface area contributed by atoms with Crippen molar-refractivity contribution >= 4 is 5.69 Å². The van der Waals surface area contributed by atoms with Gasteiger partial charge in [0, 0.05) is 17.6 Å². The van der Waals surface area contributed by atoms with Gasteiger partial charge in [0.05, 0.1) is 6.61 Å². The largest absolute Gasteiger partial charge is 0.396 e. The summed E-state index contributed by atoms with van der Waals surface area (Å²) in [6, 6.07) is 6.48. The highest BCUT2D eigenvalue weighted by molar-refractivity contribution is 5.48. The van der Waals surface area contributed by atoms with Gasteiger partial charge in [0.2, 0.25) is 0 Å². The van der Waals surface area contributed by atoms with Crippen molar-refractivity contribution in [2.75, 3.05) is 18.5 Å².